The first-order chi connectivity index (χ1) is 6.61. The van der Waals surface area contributed by atoms with E-state index in [0.29, 0.717) is 0 Å². The lowest BCUT2D eigenvalue weighted by atomic mass is 10.2. The molecule has 0 aromatic heterocycles. The van der Waals surface area contributed by atoms with Crippen LogP contribution in [-0.4, -0.2) is 66.0 Å². The number of likely N-dealkylation sites (N-methyl/N-ethyl adjacent to an activating group) is 1. The maximum Gasteiger partial charge on any atom is 0.317 e. The molecule has 0 aliphatic rings. The normalized spacial score (nSPS) is 9.88. The molecule has 0 aromatic rings. The molecule has 0 unspecified atom stereocenters. The van der Waals surface area contributed by atoms with Crippen molar-refractivity contribution in [1.82, 2.24) is 0 Å². The monoisotopic (exact) mass is 257 g/mol. The highest BCUT2D eigenvalue weighted by Gasteiger charge is 2.18. The zero-order valence-electron chi connectivity index (χ0n) is 9.97. The van der Waals surface area contributed by atoms with Crippen LogP contribution in [0.25, 0.3) is 0 Å². The Balaban J connectivity index is -0.000000200. The Bertz CT molecular complexity index is 200. The fourth-order valence-electron chi connectivity index (χ4n) is 0.406. The lowest BCUT2D eigenvalue weighted by molar-refractivity contribution is -0.870. The van der Waals surface area contributed by atoms with E-state index in [2.05, 4.69) is 21.1 Å². The first kappa shape index (κ1) is 20.5. The van der Waals surface area contributed by atoms with Crippen LogP contribution in [0.15, 0.2) is 0 Å². The summed E-state index contributed by atoms with van der Waals surface area (Å²) in [7, 11) is 6.16. The first-order valence-corrected chi connectivity index (χ1v) is 4.48. The maximum absolute atomic E-state index is 9.76. The number of carbonyl (C=O) groups is 2. The molecule has 0 aliphatic carbocycles. The molecule has 0 atom stereocenters. The van der Waals surface area contributed by atoms with E-state index < -0.39 is 17.9 Å². The number of halogens is 1. The SMILES string of the molecule is CC(C(=O)O)C(=O)O.C[N+](C)(C)CCO.[Cl-]. The number of aliphatic carboxylic acids is 2. The van der Waals surface area contributed by atoms with Gasteiger partial charge in [-0.2, -0.15) is 0 Å². The zero-order valence-corrected chi connectivity index (χ0v) is 10.7. The summed E-state index contributed by atoms with van der Waals surface area (Å²) in [6.07, 6.45) is 0. The van der Waals surface area contributed by atoms with Crippen LogP contribution in [0.4, 0.5) is 0 Å². The molecule has 0 radical (unpaired) electrons. The van der Waals surface area contributed by atoms with Gasteiger partial charge in [-0.15, -0.1) is 0 Å². The molecule has 3 N–H and O–H groups in total. The summed E-state index contributed by atoms with van der Waals surface area (Å²) in [4.78, 5) is 19.5. The van der Waals surface area contributed by atoms with E-state index in [1.807, 2.05) is 0 Å². The maximum atomic E-state index is 9.76. The molecule has 0 rings (SSSR count). The van der Waals surface area contributed by atoms with Crippen LogP contribution in [0.5, 0.6) is 0 Å². The predicted molar refractivity (Wildman–Crippen MR) is 54.4 cm³/mol. The fraction of sp³-hybridized carbons (Fsp3) is 0.778. The standard InChI is InChI=1S/C5H14NO.C4H6O4.ClH/c1-6(2,3)4-5-7;1-2(3(5)6)4(7)8;/h7H,4-5H2,1-3H3;2H,1H3,(H,5,6)(H,7,8);1H/q+1;;/p-1. The molecule has 7 heteroatoms. The van der Waals surface area contributed by atoms with E-state index in [0.717, 1.165) is 18.0 Å². The minimum absolute atomic E-state index is 0. The van der Waals surface area contributed by atoms with Crippen LogP contribution in [0.2, 0.25) is 0 Å². The highest BCUT2D eigenvalue weighted by atomic mass is 35.5. The predicted octanol–water partition coefficient (Wildman–Crippen LogP) is -3.52. The van der Waals surface area contributed by atoms with E-state index in [4.69, 9.17) is 15.3 Å². The number of carboxylic acid groups (broad SMARTS) is 2. The largest absolute Gasteiger partial charge is 1.00 e. The van der Waals surface area contributed by atoms with Crippen molar-refractivity contribution in [2.45, 2.75) is 6.92 Å². The molecule has 0 saturated carbocycles. The van der Waals surface area contributed by atoms with Crippen LogP contribution in [0.3, 0.4) is 0 Å². The molecular weight excluding hydrogens is 238 g/mol. The molecule has 0 aliphatic heterocycles. The van der Waals surface area contributed by atoms with E-state index in [1.54, 1.807) is 0 Å². The van der Waals surface area contributed by atoms with Crippen molar-refractivity contribution in [3.05, 3.63) is 0 Å². The van der Waals surface area contributed by atoms with Crippen molar-refractivity contribution in [3.63, 3.8) is 0 Å². The quantitative estimate of drug-likeness (QED) is 0.359. The lowest BCUT2D eigenvalue weighted by Crippen LogP contribution is -3.00. The third-order valence-electron chi connectivity index (χ3n) is 1.51. The van der Waals surface area contributed by atoms with Crippen molar-refractivity contribution in [3.8, 4) is 0 Å². The summed E-state index contributed by atoms with van der Waals surface area (Å²) in [6, 6.07) is 0. The average Bonchev–Trinajstić information content (AvgIpc) is 2.01. The van der Waals surface area contributed by atoms with Gasteiger partial charge in [0.2, 0.25) is 0 Å². The Kier molecular flexibility index (Phi) is 12.0. The number of aliphatic hydroxyl groups is 1. The summed E-state index contributed by atoms with van der Waals surface area (Å²) in [5, 5.41) is 24.3. The van der Waals surface area contributed by atoms with Gasteiger partial charge in [0.05, 0.1) is 27.7 Å². The van der Waals surface area contributed by atoms with Gasteiger partial charge in [-0.3, -0.25) is 9.59 Å². The second-order valence-electron chi connectivity index (χ2n) is 4.14. The number of aliphatic hydroxyl groups excluding tert-OH is 1. The molecule has 98 valence electrons. The van der Waals surface area contributed by atoms with Crippen molar-refractivity contribution < 1.29 is 41.8 Å². The van der Waals surface area contributed by atoms with Gasteiger partial charge in [0.25, 0.3) is 0 Å². The topological polar surface area (TPSA) is 94.8 Å². The molecule has 0 bridgehead atoms. The Morgan fingerprint density at radius 3 is 1.44 bits per heavy atom. The van der Waals surface area contributed by atoms with Gasteiger partial charge < -0.3 is 32.2 Å². The highest BCUT2D eigenvalue weighted by Crippen LogP contribution is 1.91. The van der Waals surface area contributed by atoms with E-state index in [9.17, 15) is 9.59 Å². The summed E-state index contributed by atoms with van der Waals surface area (Å²) in [6.45, 7) is 2.23. The minimum Gasteiger partial charge on any atom is -1.00 e. The number of rotatable bonds is 4. The molecule has 0 amide bonds. The Labute approximate surface area is 101 Å². The van der Waals surface area contributed by atoms with Crippen LogP contribution >= 0.6 is 0 Å². The molecule has 0 saturated heterocycles. The summed E-state index contributed by atoms with van der Waals surface area (Å²) in [5.74, 6) is -3.91. The van der Waals surface area contributed by atoms with Crippen molar-refractivity contribution in [1.29, 1.82) is 0 Å². The van der Waals surface area contributed by atoms with Gasteiger partial charge in [0.1, 0.15) is 6.54 Å². The zero-order chi connectivity index (χ0) is 12.6. The van der Waals surface area contributed by atoms with Gasteiger partial charge in [0.15, 0.2) is 5.92 Å². The van der Waals surface area contributed by atoms with E-state index >= 15 is 0 Å². The second kappa shape index (κ2) is 9.38. The number of nitrogens with zero attached hydrogens (tertiary/aromatic N) is 1. The Hall–Kier alpha value is -0.850. The van der Waals surface area contributed by atoms with Crippen molar-refractivity contribution in [2.24, 2.45) is 5.92 Å². The third-order valence-corrected chi connectivity index (χ3v) is 1.51. The van der Waals surface area contributed by atoms with E-state index in [-0.39, 0.29) is 19.0 Å². The smallest absolute Gasteiger partial charge is 0.317 e. The van der Waals surface area contributed by atoms with Crippen molar-refractivity contribution >= 4 is 11.9 Å². The van der Waals surface area contributed by atoms with E-state index in [1.165, 1.54) is 0 Å². The fourth-order valence-corrected chi connectivity index (χ4v) is 0.406. The first-order valence-electron chi connectivity index (χ1n) is 4.48. The lowest BCUT2D eigenvalue weighted by Gasteiger charge is -2.21. The number of carboxylic acids is 2. The molecule has 0 aromatic carbocycles. The van der Waals surface area contributed by atoms with Crippen LogP contribution in [0.1, 0.15) is 6.92 Å². The minimum atomic E-state index is -1.31. The second-order valence-corrected chi connectivity index (χ2v) is 4.14. The molecule has 16 heavy (non-hydrogen) atoms. The summed E-state index contributed by atoms with van der Waals surface area (Å²) < 4.78 is 0.844. The molecular formula is C9H20ClNO5. The van der Waals surface area contributed by atoms with Crippen LogP contribution < -0.4 is 12.4 Å². The number of quaternary nitrogens is 1. The number of hydrogen-bond donors (Lipinski definition) is 3. The molecule has 0 heterocycles. The van der Waals surface area contributed by atoms with Crippen LogP contribution in [0, 0.1) is 5.92 Å². The van der Waals surface area contributed by atoms with Gasteiger partial charge in [-0.1, -0.05) is 0 Å². The highest BCUT2D eigenvalue weighted by molar-refractivity contribution is 5.92. The van der Waals surface area contributed by atoms with Gasteiger partial charge in [-0.25, -0.2) is 0 Å². The summed E-state index contributed by atoms with van der Waals surface area (Å²) in [5.41, 5.74) is 0. The Morgan fingerprint density at radius 2 is 1.44 bits per heavy atom. The number of hydrogen-bond acceptors (Lipinski definition) is 3. The van der Waals surface area contributed by atoms with Crippen molar-refractivity contribution in [2.75, 3.05) is 34.3 Å². The van der Waals surface area contributed by atoms with Gasteiger partial charge >= 0.3 is 11.9 Å². The Morgan fingerprint density at radius 1 is 1.12 bits per heavy atom. The summed E-state index contributed by atoms with van der Waals surface area (Å²) >= 11 is 0. The average molecular weight is 258 g/mol. The molecule has 0 spiro atoms. The third kappa shape index (κ3) is 15.6. The van der Waals surface area contributed by atoms with Gasteiger partial charge in [0, 0.05) is 0 Å². The molecule has 6 nitrogen and oxygen atoms in total. The van der Waals surface area contributed by atoms with Gasteiger partial charge in [-0.05, 0) is 6.92 Å². The van der Waals surface area contributed by atoms with Crippen LogP contribution in [-0.2, 0) is 9.59 Å². The molecule has 0 fully saturated rings.